The van der Waals surface area contributed by atoms with Crippen LogP contribution in [0.5, 0.6) is 0 Å². The molecular formula is C21H22BrNO5S. The van der Waals surface area contributed by atoms with E-state index in [0.717, 1.165) is 4.47 Å². The second-order valence-corrected chi connectivity index (χ2v) is 11.0. The topological polar surface area (TPSA) is 89.5 Å². The molecule has 0 bridgehead atoms. The summed E-state index contributed by atoms with van der Waals surface area (Å²) in [5.74, 6) is -0.731. The average molecular weight is 480 g/mol. The van der Waals surface area contributed by atoms with Gasteiger partial charge in [0.05, 0.1) is 4.90 Å². The fourth-order valence-electron chi connectivity index (χ4n) is 3.49. The molecule has 29 heavy (non-hydrogen) atoms. The third-order valence-corrected chi connectivity index (χ3v) is 7.52. The lowest BCUT2D eigenvalue weighted by Crippen LogP contribution is -2.45. The predicted molar refractivity (Wildman–Crippen MR) is 112 cm³/mol. The molecule has 1 aliphatic rings. The summed E-state index contributed by atoms with van der Waals surface area (Å²) in [4.78, 5) is 24.7. The first-order chi connectivity index (χ1) is 13.5. The third-order valence-electron chi connectivity index (χ3n) is 4.73. The molecule has 2 aromatic carbocycles. The van der Waals surface area contributed by atoms with E-state index in [1.807, 2.05) is 0 Å². The number of benzene rings is 2. The molecule has 3 rings (SSSR count). The van der Waals surface area contributed by atoms with Gasteiger partial charge < -0.3 is 14.8 Å². The molecule has 0 radical (unpaired) electrons. The van der Waals surface area contributed by atoms with Crippen LogP contribution in [0.4, 0.5) is 4.79 Å². The maximum absolute atomic E-state index is 13.3. The Morgan fingerprint density at radius 2 is 1.69 bits per heavy atom. The van der Waals surface area contributed by atoms with Gasteiger partial charge >= 0.3 is 6.09 Å². The fraction of sp³-hybridized carbons (Fsp3) is 0.333. The van der Waals surface area contributed by atoms with Gasteiger partial charge in [-0.1, -0.05) is 46.3 Å². The molecule has 0 spiro atoms. The monoisotopic (exact) mass is 479 g/mol. The zero-order chi connectivity index (χ0) is 21.4. The van der Waals surface area contributed by atoms with Crippen LogP contribution in [0.25, 0.3) is 0 Å². The van der Waals surface area contributed by atoms with E-state index in [1.54, 1.807) is 63.2 Å². The Morgan fingerprint density at radius 1 is 1.10 bits per heavy atom. The number of carbonyl (C=O) groups excluding carboxylic acids is 2. The minimum atomic E-state index is -3.90. The summed E-state index contributed by atoms with van der Waals surface area (Å²) in [5, 5.41) is 1.41. The number of hydrogen-bond donors (Lipinski definition) is 1. The molecule has 1 fully saturated rings. The quantitative estimate of drug-likeness (QED) is 0.657. The summed E-state index contributed by atoms with van der Waals surface area (Å²) < 4.78 is 32.7. The maximum atomic E-state index is 13.3. The van der Waals surface area contributed by atoms with Crippen molar-refractivity contribution in [3.05, 3.63) is 64.6 Å². The predicted octanol–water partition coefficient (Wildman–Crippen LogP) is 3.85. The molecule has 0 aliphatic heterocycles. The van der Waals surface area contributed by atoms with Crippen LogP contribution in [0, 0.1) is 0 Å². The van der Waals surface area contributed by atoms with Gasteiger partial charge in [-0.25, -0.2) is 13.2 Å². The molecule has 1 saturated carbocycles. The van der Waals surface area contributed by atoms with Crippen LogP contribution < -0.4 is 5.32 Å². The molecular weight excluding hydrogens is 458 g/mol. The van der Waals surface area contributed by atoms with Crippen molar-refractivity contribution in [2.75, 3.05) is 0 Å². The maximum Gasteiger partial charge on any atom is 0.408 e. The zero-order valence-corrected chi connectivity index (χ0v) is 18.7. The van der Waals surface area contributed by atoms with Crippen molar-refractivity contribution in [2.45, 2.75) is 48.0 Å². The van der Waals surface area contributed by atoms with Gasteiger partial charge in [-0.05, 0) is 50.6 Å². The highest BCUT2D eigenvalue weighted by Gasteiger charge is 2.73. The minimum Gasteiger partial charge on any atom is -0.444 e. The summed E-state index contributed by atoms with van der Waals surface area (Å²) in [6, 6.07) is 14.9. The highest BCUT2D eigenvalue weighted by atomic mass is 79.9. The Bertz CT molecular complexity index is 1020. The number of rotatable bonds is 5. The largest absolute Gasteiger partial charge is 0.444 e. The number of ether oxygens (including phenoxy) is 1. The number of carbonyl (C=O) groups is 2. The van der Waals surface area contributed by atoms with E-state index in [2.05, 4.69) is 21.2 Å². The summed E-state index contributed by atoms with van der Waals surface area (Å²) in [7, 11) is -3.90. The Kier molecular flexibility index (Phi) is 5.62. The zero-order valence-electron chi connectivity index (χ0n) is 16.3. The molecule has 6 nitrogen and oxygen atoms in total. The van der Waals surface area contributed by atoms with Crippen LogP contribution in [0.1, 0.15) is 32.3 Å². The molecule has 0 aromatic heterocycles. The summed E-state index contributed by atoms with van der Waals surface area (Å²) >= 11 is 3.35. The van der Waals surface area contributed by atoms with Gasteiger partial charge in [0, 0.05) is 10.4 Å². The van der Waals surface area contributed by atoms with E-state index in [0.29, 0.717) is 11.8 Å². The highest BCUT2D eigenvalue weighted by Crippen LogP contribution is 2.56. The van der Waals surface area contributed by atoms with Gasteiger partial charge in [0.2, 0.25) is 0 Å². The molecule has 0 unspecified atom stereocenters. The van der Waals surface area contributed by atoms with Crippen LogP contribution in [0.2, 0.25) is 0 Å². The van der Waals surface area contributed by atoms with E-state index in [9.17, 15) is 18.0 Å². The number of halogens is 1. The molecule has 154 valence electrons. The smallest absolute Gasteiger partial charge is 0.408 e. The lowest BCUT2D eigenvalue weighted by molar-refractivity contribution is -0.110. The first-order valence-corrected chi connectivity index (χ1v) is 11.4. The van der Waals surface area contributed by atoms with E-state index in [-0.39, 0.29) is 4.90 Å². The van der Waals surface area contributed by atoms with Crippen molar-refractivity contribution >= 4 is 38.1 Å². The molecule has 0 heterocycles. The van der Waals surface area contributed by atoms with E-state index in [1.165, 1.54) is 12.1 Å². The van der Waals surface area contributed by atoms with Gasteiger partial charge in [0.1, 0.15) is 22.7 Å². The Morgan fingerprint density at radius 3 is 2.21 bits per heavy atom. The van der Waals surface area contributed by atoms with Crippen LogP contribution in [-0.4, -0.2) is 37.2 Å². The molecule has 2 aromatic rings. The third kappa shape index (κ3) is 4.23. The van der Waals surface area contributed by atoms with Crippen LogP contribution >= 0.6 is 15.9 Å². The lowest BCUT2D eigenvalue weighted by atomic mass is 10.1. The average Bonchev–Trinajstić information content (AvgIpc) is 3.31. The van der Waals surface area contributed by atoms with Crippen LogP contribution in [0.15, 0.2) is 64.0 Å². The molecule has 1 aliphatic carbocycles. The molecule has 3 atom stereocenters. The fourth-order valence-corrected chi connectivity index (χ4v) is 6.02. The van der Waals surface area contributed by atoms with Gasteiger partial charge in [-0.2, -0.15) is 0 Å². The molecule has 1 N–H and O–H groups in total. The Hall–Kier alpha value is -2.19. The number of aldehydes is 1. The lowest BCUT2D eigenvalue weighted by Gasteiger charge is -2.22. The van der Waals surface area contributed by atoms with Gasteiger partial charge in [-0.3, -0.25) is 0 Å². The number of hydrogen-bond acceptors (Lipinski definition) is 5. The highest BCUT2D eigenvalue weighted by molar-refractivity contribution is 9.10. The van der Waals surface area contributed by atoms with Crippen molar-refractivity contribution in [1.82, 2.24) is 5.32 Å². The normalized spacial score (nSPS) is 23.9. The number of nitrogens with one attached hydrogen (secondary N) is 1. The van der Waals surface area contributed by atoms with Crippen molar-refractivity contribution in [2.24, 2.45) is 0 Å². The standard InChI is InChI=1S/C21H22BrNO5S/c1-20(2,3)28-19(25)23-21(13-24)17(14-9-11-15(22)12-10-14)18(21)29(26,27)16-7-5-4-6-8-16/h4-13,17-18H,1-3H3,(H,23,25)/t17-,18+,21+/m0/s1. The Labute approximate surface area is 178 Å². The van der Waals surface area contributed by atoms with E-state index < -0.39 is 38.2 Å². The van der Waals surface area contributed by atoms with Crippen molar-refractivity contribution < 1.29 is 22.7 Å². The first kappa shape index (κ1) is 21.5. The Balaban J connectivity index is 2.04. The summed E-state index contributed by atoms with van der Waals surface area (Å²) in [6.07, 6.45) is -0.327. The second-order valence-electron chi connectivity index (χ2n) is 7.99. The number of amides is 1. The molecule has 0 saturated heterocycles. The van der Waals surface area contributed by atoms with Gasteiger partial charge in [-0.15, -0.1) is 0 Å². The second kappa shape index (κ2) is 7.57. The van der Waals surface area contributed by atoms with Crippen LogP contribution in [-0.2, 0) is 19.4 Å². The van der Waals surface area contributed by atoms with E-state index in [4.69, 9.17) is 4.74 Å². The van der Waals surface area contributed by atoms with Crippen LogP contribution in [0.3, 0.4) is 0 Å². The van der Waals surface area contributed by atoms with E-state index >= 15 is 0 Å². The first-order valence-electron chi connectivity index (χ1n) is 9.03. The van der Waals surface area contributed by atoms with Gasteiger partial charge in [0.25, 0.3) is 0 Å². The summed E-state index contributed by atoms with van der Waals surface area (Å²) in [6.45, 7) is 5.08. The van der Waals surface area contributed by atoms with Crippen molar-refractivity contribution in [3.63, 3.8) is 0 Å². The SMILES string of the molecule is CC(C)(C)OC(=O)N[C@@]1(C=O)[C@H](S(=O)(=O)c2ccccc2)[C@@H]1c1ccc(Br)cc1. The van der Waals surface area contributed by atoms with Crippen molar-refractivity contribution in [3.8, 4) is 0 Å². The van der Waals surface area contributed by atoms with Gasteiger partial charge in [0.15, 0.2) is 9.84 Å². The molecule has 8 heteroatoms. The van der Waals surface area contributed by atoms with Crippen molar-refractivity contribution in [1.29, 1.82) is 0 Å². The minimum absolute atomic E-state index is 0.0989. The molecule has 1 amide bonds. The summed E-state index contributed by atoms with van der Waals surface area (Å²) in [5.41, 5.74) is -1.75. The number of alkyl carbamates (subject to hydrolysis) is 1. The number of sulfone groups is 1.